The van der Waals surface area contributed by atoms with Gasteiger partial charge in [-0.3, -0.25) is 4.79 Å². The molecular weight excluding hydrogens is 224 g/mol. The summed E-state index contributed by atoms with van der Waals surface area (Å²) in [6, 6.07) is 14.1. The van der Waals surface area contributed by atoms with Crippen LogP contribution in [0.25, 0.3) is 0 Å². The first-order valence-corrected chi connectivity index (χ1v) is 6.13. The number of aromatic hydroxyl groups is 1. The molecule has 0 aliphatic rings. The Labute approximate surface area is 107 Å². The predicted molar refractivity (Wildman–Crippen MR) is 72.0 cm³/mol. The number of phenolic OH excluding ortho intramolecular Hbond substituents is 1. The second kappa shape index (κ2) is 5.50. The first kappa shape index (κ1) is 12.4. The van der Waals surface area contributed by atoms with Gasteiger partial charge in [0.15, 0.2) is 5.78 Å². The third-order valence-electron chi connectivity index (χ3n) is 2.86. The van der Waals surface area contributed by atoms with Gasteiger partial charge >= 0.3 is 0 Å². The van der Waals surface area contributed by atoms with Gasteiger partial charge in [-0.05, 0) is 24.1 Å². The molecule has 0 saturated heterocycles. The molecule has 18 heavy (non-hydrogen) atoms. The molecule has 92 valence electrons. The molecule has 1 N–H and O–H groups in total. The van der Waals surface area contributed by atoms with Gasteiger partial charge in [-0.2, -0.15) is 0 Å². The first-order chi connectivity index (χ1) is 8.70. The lowest BCUT2D eigenvalue weighted by Gasteiger charge is -2.03. The van der Waals surface area contributed by atoms with Crippen LogP contribution in [0.15, 0.2) is 48.5 Å². The van der Waals surface area contributed by atoms with Crippen LogP contribution in [-0.2, 0) is 6.42 Å². The van der Waals surface area contributed by atoms with E-state index in [0.29, 0.717) is 11.1 Å². The molecule has 0 spiro atoms. The molecule has 0 aliphatic heterocycles. The molecule has 0 bridgehead atoms. The van der Waals surface area contributed by atoms with E-state index in [0.717, 1.165) is 12.8 Å². The molecule has 2 aromatic rings. The van der Waals surface area contributed by atoms with Gasteiger partial charge in [0.25, 0.3) is 0 Å². The van der Waals surface area contributed by atoms with Gasteiger partial charge in [-0.1, -0.05) is 49.7 Å². The SMILES string of the molecule is CCCc1ccc(C(=O)c2cccc(O)c2)cc1. The smallest absolute Gasteiger partial charge is 0.193 e. The quantitative estimate of drug-likeness (QED) is 0.829. The van der Waals surface area contributed by atoms with Crippen LogP contribution >= 0.6 is 0 Å². The zero-order chi connectivity index (χ0) is 13.0. The number of benzene rings is 2. The average molecular weight is 240 g/mol. The summed E-state index contributed by atoms with van der Waals surface area (Å²) in [6.07, 6.45) is 2.13. The van der Waals surface area contributed by atoms with Crippen LogP contribution < -0.4 is 0 Å². The Morgan fingerprint density at radius 2 is 1.78 bits per heavy atom. The van der Waals surface area contributed by atoms with Crippen molar-refractivity contribution in [3.05, 3.63) is 65.2 Å². The number of hydrogen-bond acceptors (Lipinski definition) is 2. The van der Waals surface area contributed by atoms with Gasteiger partial charge < -0.3 is 5.11 Å². The van der Waals surface area contributed by atoms with E-state index in [4.69, 9.17) is 0 Å². The van der Waals surface area contributed by atoms with E-state index >= 15 is 0 Å². The van der Waals surface area contributed by atoms with Crippen molar-refractivity contribution in [2.24, 2.45) is 0 Å². The third kappa shape index (κ3) is 2.77. The molecule has 2 nitrogen and oxygen atoms in total. The van der Waals surface area contributed by atoms with Crippen molar-refractivity contribution in [3.63, 3.8) is 0 Å². The standard InChI is InChI=1S/C16H16O2/c1-2-4-12-7-9-13(10-8-12)16(18)14-5-3-6-15(17)11-14/h3,5-11,17H,2,4H2,1H3. The fourth-order valence-corrected chi connectivity index (χ4v) is 1.93. The number of hydrogen-bond donors (Lipinski definition) is 1. The fourth-order valence-electron chi connectivity index (χ4n) is 1.93. The minimum absolute atomic E-state index is 0.0612. The normalized spacial score (nSPS) is 10.3. The highest BCUT2D eigenvalue weighted by atomic mass is 16.3. The second-order valence-corrected chi connectivity index (χ2v) is 4.33. The Balaban J connectivity index is 2.23. The van der Waals surface area contributed by atoms with E-state index in [1.807, 2.05) is 24.3 Å². The van der Waals surface area contributed by atoms with Crippen LogP contribution in [0, 0.1) is 0 Å². The highest BCUT2D eigenvalue weighted by Gasteiger charge is 2.09. The molecule has 0 saturated carbocycles. The first-order valence-electron chi connectivity index (χ1n) is 6.13. The Bertz CT molecular complexity index is 541. The molecule has 2 heteroatoms. The van der Waals surface area contributed by atoms with Gasteiger partial charge in [0.1, 0.15) is 5.75 Å². The lowest BCUT2D eigenvalue weighted by Crippen LogP contribution is -2.01. The summed E-state index contributed by atoms with van der Waals surface area (Å²) in [7, 11) is 0. The summed E-state index contributed by atoms with van der Waals surface area (Å²) in [5, 5.41) is 9.37. The maximum Gasteiger partial charge on any atom is 0.193 e. The topological polar surface area (TPSA) is 37.3 Å². The summed E-state index contributed by atoms with van der Waals surface area (Å²) >= 11 is 0. The maximum atomic E-state index is 12.2. The summed E-state index contributed by atoms with van der Waals surface area (Å²) in [5.41, 5.74) is 2.41. The van der Waals surface area contributed by atoms with Gasteiger partial charge in [-0.15, -0.1) is 0 Å². The van der Waals surface area contributed by atoms with E-state index in [-0.39, 0.29) is 11.5 Å². The average Bonchev–Trinajstić information content (AvgIpc) is 2.39. The summed E-state index contributed by atoms with van der Waals surface area (Å²) in [6.45, 7) is 2.13. The van der Waals surface area contributed by atoms with Crippen LogP contribution in [0.4, 0.5) is 0 Å². The van der Waals surface area contributed by atoms with Gasteiger partial charge in [-0.25, -0.2) is 0 Å². The number of aryl methyl sites for hydroxylation is 1. The second-order valence-electron chi connectivity index (χ2n) is 4.33. The van der Waals surface area contributed by atoms with Crippen molar-refractivity contribution in [2.45, 2.75) is 19.8 Å². The molecule has 2 aromatic carbocycles. The Morgan fingerprint density at radius 3 is 2.39 bits per heavy atom. The van der Waals surface area contributed by atoms with E-state index in [1.165, 1.54) is 11.6 Å². The highest BCUT2D eigenvalue weighted by Crippen LogP contribution is 2.16. The molecule has 0 atom stereocenters. The Hall–Kier alpha value is -2.09. The molecule has 0 unspecified atom stereocenters. The molecule has 0 amide bonds. The number of phenols is 1. The minimum atomic E-state index is -0.0612. The summed E-state index contributed by atoms with van der Waals surface area (Å²) in [5.74, 6) is 0.0531. The van der Waals surface area contributed by atoms with Crippen molar-refractivity contribution in [1.29, 1.82) is 0 Å². The van der Waals surface area contributed by atoms with Crippen molar-refractivity contribution in [1.82, 2.24) is 0 Å². The van der Waals surface area contributed by atoms with E-state index < -0.39 is 0 Å². The minimum Gasteiger partial charge on any atom is -0.508 e. The van der Waals surface area contributed by atoms with Crippen LogP contribution in [0.3, 0.4) is 0 Å². The molecule has 0 heterocycles. The van der Waals surface area contributed by atoms with Gasteiger partial charge in [0.05, 0.1) is 0 Å². The zero-order valence-corrected chi connectivity index (χ0v) is 10.4. The fraction of sp³-hybridized carbons (Fsp3) is 0.188. The third-order valence-corrected chi connectivity index (χ3v) is 2.86. The van der Waals surface area contributed by atoms with E-state index in [9.17, 15) is 9.90 Å². The summed E-state index contributed by atoms with van der Waals surface area (Å²) < 4.78 is 0. The van der Waals surface area contributed by atoms with E-state index in [1.54, 1.807) is 18.2 Å². The summed E-state index contributed by atoms with van der Waals surface area (Å²) in [4.78, 5) is 12.2. The van der Waals surface area contributed by atoms with Crippen molar-refractivity contribution in [3.8, 4) is 5.75 Å². The number of rotatable bonds is 4. The molecule has 2 rings (SSSR count). The largest absolute Gasteiger partial charge is 0.508 e. The molecule has 0 fully saturated rings. The van der Waals surface area contributed by atoms with Crippen LogP contribution in [0.2, 0.25) is 0 Å². The van der Waals surface area contributed by atoms with Crippen LogP contribution in [-0.4, -0.2) is 10.9 Å². The van der Waals surface area contributed by atoms with Crippen molar-refractivity contribution >= 4 is 5.78 Å². The van der Waals surface area contributed by atoms with Crippen molar-refractivity contribution in [2.75, 3.05) is 0 Å². The lowest BCUT2D eigenvalue weighted by molar-refractivity contribution is 0.103. The number of carbonyl (C=O) groups is 1. The predicted octanol–water partition coefficient (Wildman–Crippen LogP) is 3.58. The van der Waals surface area contributed by atoms with Crippen molar-refractivity contribution < 1.29 is 9.90 Å². The monoisotopic (exact) mass is 240 g/mol. The maximum absolute atomic E-state index is 12.2. The van der Waals surface area contributed by atoms with Crippen LogP contribution in [0.5, 0.6) is 5.75 Å². The zero-order valence-electron chi connectivity index (χ0n) is 10.4. The molecular formula is C16H16O2. The lowest BCUT2D eigenvalue weighted by atomic mass is 10.0. The van der Waals surface area contributed by atoms with Gasteiger partial charge in [0.2, 0.25) is 0 Å². The molecule has 0 radical (unpaired) electrons. The number of carbonyl (C=O) groups excluding carboxylic acids is 1. The van der Waals surface area contributed by atoms with Crippen LogP contribution in [0.1, 0.15) is 34.8 Å². The Morgan fingerprint density at radius 1 is 1.06 bits per heavy atom. The number of ketones is 1. The van der Waals surface area contributed by atoms with E-state index in [2.05, 4.69) is 6.92 Å². The Kier molecular flexibility index (Phi) is 3.78. The molecule has 0 aliphatic carbocycles. The van der Waals surface area contributed by atoms with Gasteiger partial charge in [0, 0.05) is 11.1 Å². The molecule has 0 aromatic heterocycles. The highest BCUT2D eigenvalue weighted by molar-refractivity contribution is 6.09.